The summed E-state index contributed by atoms with van der Waals surface area (Å²) in [5.41, 5.74) is 2.46. The van der Waals surface area contributed by atoms with Crippen LogP contribution in [-0.4, -0.2) is 40.1 Å². The third-order valence-electron chi connectivity index (χ3n) is 4.51. The van der Waals surface area contributed by atoms with Gasteiger partial charge < -0.3 is 9.88 Å². The predicted octanol–water partition coefficient (Wildman–Crippen LogP) is 1.67. The summed E-state index contributed by atoms with van der Waals surface area (Å²) in [7, 11) is 2.12. The van der Waals surface area contributed by atoms with Gasteiger partial charge >= 0.3 is 0 Å². The molecule has 19 heavy (non-hydrogen) atoms. The summed E-state index contributed by atoms with van der Waals surface area (Å²) in [5, 5.41) is 3.60. The maximum Gasteiger partial charge on any atom is 0.123 e. The number of aryl methyl sites for hydroxylation is 1. The second kappa shape index (κ2) is 6.44. The predicted molar refractivity (Wildman–Crippen MR) is 82.4 cm³/mol. The first-order valence-corrected chi connectivity index (χ1v) is 6.59. The van der Waals surface area contributed by atoms with Crippen LogP contribution in [0.25, 0.3) is 0 Å². The third kappa shape index (κ3) is 3.07. The van der Waals surface area contributed by atoms with E-state index >= 15 is 0 Å². The van der Waals surface area contributed by atoms with Crippen LogP contribution in [0, 0.1) is 19.8 Å². The topological polar surface area (TPSA) is 33.1 Å². The van der Waals surface area contributed by atoms with Crippen molar-refractivity contribution >= 4 is 24.8 Å². The Hall–Kier alpha value is -0.290. The highest BCUT2D eigenvalue weighted by Gasteiger charge is 2.36. The zero-order valence-corrected chi connectivity index (χ0v) is 13.5. The van der Waals surface area contributed by atoms with Crippen LogP contribution in [0.3, 0.4) is 0 Å². The molecule has 6 heteroatoms. The van der Waals surface area contributed by atoms with Gasteiger partial charge in [-0.1, -0.05) is 0 Å². The normalized spacial score (nSPS) is 25.8. The van der Waals surface area contributed by atoms with Crippen LogP contribution in [-0.2, 0) is 13.6 Å². The molecule has 2 saturated heterocycles. The maximum atomic E-state index is 4.67. The molecule has 2 fully saturated rings. The van der Waals surface area contributed by atoms with Crippen molar-refractivity contribution in [2.75, 3.05) is 19.6 Å². The minimum Gasteiger partial charge on any atom is -0.334 e. The van der Waals surface area contributed by atoms with Crippen LogP contribution in [0.1, 0.15) is 23.6 Å². The van der Waals surface area contributed by atoms with E-state index in [1.807, 2.05) is 0 Å². The van der Waals surface area contributed by atoms with Crippen molar-refractivity contribution in [3.05, 3.63) is 17.2 Å². The molecule has 0 amide bonds. The number of imidazole rings is 1. The number of halogens is 2. The molecule has 2 aliphatic heterocycles. The van der Waals surface area contributed by atoms with E-state index < -0.39 is 0 Å². The number of likely N-dealkylation sites (tertiary alicyclic amines) is 1. The fourth-order valence-corrected chi connectivity index (χ4v) is 3.19. The molecular formula is C13H24Cl2N4. The summed E-state index contributed by atoms with van der Waals surface area (Å²) < 4.78 is 2.23. The van der Waals surface area contributed by atoms with Gasteiger partial charge in [0.25, 0.3) is 0 Å². The molecule has 1 N–H and O–H groups in total. The smallest absolute Gasteiger partial charge is 0.123 e. The summed E-state index contributed by atoms with van der Waals surface area (Å²) in [6.07, 6.45) is 1.35. The van der Waals surface area contributed by atoms with Gasteiger partial charge in [-0.3, -0.25) is 4.90 Å². The van der Waals surface area contributed by atoms with E-state index in [1.54, 1.807) is 0 Å². The van der Waals surface area contributed by atoms with Crippen LogP contribution >= 0.6 is 24.8 Å². The molecule has 0 radical (unpaired) electrons. The summed E-state index contributed by atoms with van der Waals surface area (Å²) in [6, 6.07) is 0.734. The van der Waals surface area contributed by atoms with Crippen molar-refractivity contribution in [1.82, 2.24) is 19.8 Å². The van der Waals surface area contributed by atoms with E-state index in [9.17, 15) is 0 Å². The average Bonchev–Trinajstić information content (AvgIpc) is 2.91. The Kier molecular flexibility index (Phi) is 5.68. The van der Waals surface area contributed by atoms with Crippen molar-refractivity contribution < 1.29 is 0 Å². The highest BCUT2D eigenvalue weighted by Crippen LogP contribution is 2.25. The van der Waals surface area contributed by atoms with Gasteiger partial charge in [0.05, 0.1) is 12.2 Å². The van der Waals surface area contributed by atoms with E-state index in [4.69, 9.17) is 0 Å². The number of fused-ring (bicyclic) bond motifs is 1. The van der Waals surface area contributed by atoms with Crippen LogP contribution in [0.5, 0.6) is 0 Å². The molecule has 2 aliphatic rings. The Bertz CT molecular complexity index is 421. The second-order valence-corrected chi connectivity index (χ2v) is 5.56. The minimum absolute atomic E-state index is 0. The molecular weight excluding hydrogens is 283 g/mol. The SMILES string of the molecule is Cc1nc(CN2C[C@@H]3CCN[C@@H]3C2)n(C)c1C.Cl.Cl. The van der Waals surface area contributed by atoms with E-state index in [1.165, 1.54) is 43.3 Å². The molecule has 0 bridgehead atoms. The van der Waals surface area contributed by atoms with Crippen molar-refractivity contribution in [2.24, 2.45) is 13.0 Å². The lowest BCUT2D eigenvalue weighted by Crippen LogP contribution is -2.30. The fourth-order valence-electron chi connectivity index (χ4n) is 3.19. The van der Waals surface area contributed by atoms with Gasteiger partial charge in [0, 0.05) is 31.9 Å². The maximum absolute atomic E-state index is 4.67. The van der Waals surface area contributed by atoms with Crippen molar-refractivity contribution in [3.8, 4) is 0 Å². The number of hydrogen-bond acceptors (Lipinski definition) is 3. The molecule has 0 saturated carbocycles. The second-order valence-electron chi connectivity index (χ2n) is 5.56. The Morgan fingerprint density at radius 2 is 2.00 bits per heavy atom. The van der Waals surface area contributed by atoms with Gasteiger partial charge in [0.1, 0.15) is 5.82 Å². The zero-order chi connectivity index (χ0) is 12.0. The molecule has 1 aromatic rings. The highest BCUT2D eigenvalue weighted by atomic mass is 35.5. The molecule has 1 aromatic heterocycles. The van der Waals surface area contributed by atoms with Crippen LogP contribution in [0.15, 0.2) is 0 Å². The largest absolute Gasteiger partial charge is 0.334 e. The first kappa shape index (κ1) is 16.8. The summed E-state index contributed by atoms with van der Waals surface area (Å²) in [4.78, 5) is 7.21. The molecule has 0 aliphatic carbocycles. The van der Waals surface area contributed by atoms with Gasteiger partial charge in [0.15, 0.2) is 0 Å². The van der Waals surface area contributed by atoms with E-state index in [2.05, 4.69) is 40.7 Å². The third-order valence-corrected chi connectivity index (χ3v) is 4.51. The Labute approximate surface area is 127 Å². The minimum atomic E-state index is 0. The number of nitrogens with one attached hydrogen (secondary N) is 1. The lowest BCUT2D eigenvalue weighted by atomic mass is 10.1. The number of aromatic nitrogens is 2. The van der Waals surface area contributed by atoms with Crippen molar-refractivity contribution in [2.45, 2.75) is 32.9 Å². The lowest BCUT2D eigenvalue weighted by molar-refractivity contribution is 0.295. The van der Waals surface area contributed by atoms with E-state index in [-0.39, 0.29) is 24.8 Å². The summed E-state index contributed by atoms with van der Waals surface area (Å²) in [5.74, 6) is 2.08. The molecule has 3 heterocycles. The standard InChI is InChI=1S/C13H22N4.2ClH/c1-9-10(2)16(3)13(15-9)8-17-6-11-4-5-14-12(11)7-17;;/h11-12,14H,4-8H2,1-3H3;2*1H/t11-,12+;;/m0../s1. The lowest BCUT2D eigenvalue weighted by Gasteiger charge is -2.16. The zero-order valence-electron chi connectivity index (χ0n) is 11.8. The fraction of sp³-hybridized carbons (Fsp3) is 0.769. The molecule has 0 unspecified atom stereocenters. The Morgan fingerprint density at radius 3 is 2.58 bits per heavy atom. The van der Waals surface area contributed by atoms with Crippen LogP contribution in [0.4, 0.5) is 0 Å². The van der Waals surface area contributed by atoms with E-state index in [0.29, 0.717) is 0 Å². The monoisotopic (exact) mass is 306 g/mol. The average molecular weight is 307 g/mol. The van der Waals surface area contributed by atoms with Gasteiger partial charge in [-0.25, -0.2) is 4.98 Å². The summed E-state index contributed by atoms with van der Waals surface area (Å²) >= 11 is 0. The van der Waals surface area contributed by atoms with Gasteiger partial charge in [0.2, 0.25) is 0 Å². The summed E-state index contributed by atoms with van der Waals surface area (Å²) in [6.45, 7) is 8.88. The quantitative estimate of drug-likeness (QED) is 0.902. The Balaban J connectivity index is 0.000000902. The Morgan fingerprint density at radius 1 is 1.26 bits per heavy atom. The van der Waals surface area contributed by atoms with Gasteiger partial charge in [-0.2, -0.15) is 0 Å². The molecule has 3 rings (SSSR count). The molecule has 2 atom stereocenters. The van der Waals surface area contributed by atoms with E-state index in [0.717, 1.165) is 18.5 Å². The van der Waals surface area contributed by atoms with Crippen molar-refractivity contribution in [3.63, 3.8) is 0 Å². The van der Waals surface area contributed by atoms with Crippen LogP contribution < -0.4 is 5.32 Å². The number of rotatable bonds is 2. The van der Waals surface area contributed by atoms with Gasteiger partial charge in [-0.05, 0) is 32.7 Å². The molecule has 0 spiro atoms. The van der Waals surface area contributed by atoms with Crippen molar-refractivity contribution in [1.29, 1.82) is 0 Å². The van der Waals surface area contributed by atoms with Gasteiger partial charge in [-0.15, -0.1) is 24.8 Å². The first-order chi connectivity index (χ1) is 8.15. The molecule has 110 valence electrons. The highest BCUT2D eigenvalue weighted by molar-refractivity contribution is 5.85. The number of nitrogens with zero attached hydrogens (tertiary/aromatic N) is 3. The van der Waals surface area contributed by atoms with Crippen LogP contribution in [0.2, 0.25) is 0 Å². The molecule has 4 nitrogen and oxygen atoms in total. The number of hydrogen-bond donors (Lipinski definition) is 1. The first-order valence-electron chi connectivity index (χ1n) is 6.59. The molecule has 0 aromatic carbocycles.